The van der Waals surface area contributed by atoms with Gasteiger partial charge in [-0.05, 0) is 44.0 Å². The maximum absolute atomic E-state index is 5.86. The highest BCUT2D eigenvalue weighted by Gasteiger charge is 2.20. The summed E-state index contributed by atoms with van der Waals surface area (Å²) in [7, 11) is 0. The second-order valence-corrected chi connectivity index (χ2v) is 5.41. The number of benzene rings is 1. The Morgan fingerprint density at radius 3 is 2.95 bits per heavy atom. The van der Waals surface area contributed by atoms with Crippen molar-refractivity contribution in [2.45, 2.75) is 32.2 Å². The highest BCUT2D eigenvalue weighted by atomic mass is 16.5. The molecule has 2 heterocycles. The monoisotopic (exact) mass is 282 g/mol. The lowest BCUT2D eigenvalue weighted by Crippen LogP contribution is -2.27. The largest absolute Gasteiger partial charge is 0.496 e. The zero-order valence-electron chi connectivity index (χ0n) is 12.5. The predicted molar refractivity (Wildman–Crippen MR) is 86.0 cm³/mol. The molecule has 1 aromatic carbocycles. The van der Waals surface area contributed by atoms with Crippen LogP contribution in [-0.4, -0.2) is 18.1 Å². The van der Waals surface area contributed by atoms with Gasteiger partial charge in [-0.2, -0.15) is 0 Å². The molecule has 0 aliphatic carbocycles. The third-order valence-electron chi connectivity index (χ3n) is 3.76. The molecule has 0 spiro atoms. The van der Waals surface area contributed by atoms with Crippen LogP contribution < -0.4 is 5.32 Å². The van der Waals surface area contributed by atoms with E-state index in [1.807, 2.05) is 12.1 Å². The maximum Gasteiger partial charge on any atom is 0.115 e. The minimum absolute atomic E-state index is 0.0647. The van der Waals surface area contributed by atoms with Crippen molar-refractivity contribution in [1.82, 2.24) is 10.3 Å². The molecule has 0 bridgehead atoms. The fourth-order valence-corrected chi connectivity index (χ4v) is 2.66. The van der Waals surface area contributed by atoms with Crippen molar-refractivity contribution in [3.63, 3.8) is 0 Å². The van der Waals surface area contributed by atoms with E-state index in [4.69, 9.17) is 9.72 Å². The molecular formula is C18H22N2O. The van der Waals surface area contributed by atoms with Gasteiger partial charge in [0, 0.05) is 5.39 Å². The number of ether oxygens (including phenoxy) is 1. The van der Waals surface area contributed by atoms with Gasteiger partial charge in [-0.25, -0.2) is 0 Å². The lowest BCUT2D eigenvalue weighted by atomic mass is 10.1. The van der Waals surface area contributed by atoms with Gasteiger partial charge in [0.2, 0.25) is 0 Å². The van der Waals surface area contributed by atoms with Crippen LogP contribution in [0.5, 0.6) is 0 Å². The molecule has 3 heteroatoms. The molecule has 2 aromatic rings. The molecule has 1 atom stereocenters. The van der Waals surface area contributed by atoms with Crippen LogP contribution >= 0.6 is 0 Å². The molecule has 110 valence electrons. The van der Waals surface area contributed by atoms with Crippen molar-refractivity contribution < 1.29 is 4.74 Å². The van der Waals surface area contributed by atoms with E-state index >= 15 is 0 Å². The minimum atomic E-state index is 0.0647. The Kier molecular flexibility index (Phi) is 4.51. The van der Waals surface area contributed by atoms with Crippen molar-refractivity contribution in [2.75, 3.05) is 13.2 Å². The van der Waals surface area contributed by atoms with Crippen LogP contribution in [0.2, 0.25) is 0 Å². The molecule has 0 saturated heterocycles. The van der Waals surface area contributed by atoms with E-state index in [9.17, 15) is 0 Å². The number of nitrogens with one attached hydrogen (secondary N) is 1. The number of para-hydroxylation sites is 1. The van der Waals surface area contributed by atoms with Crippen LogP contribution in [0.25, 0.3) is 10.9 Å². The molecule has 1 N–H and O–H groups in total. The molecule has 0 amide bonds. The van der Waals surface area contributed by atoms with Crippen molar-refractivity contribution in [1.29, 1.82) is 0 Å². The topological polar surface area (TPSA) is 34.1 Å². The maximum atomic E-state index is 5.86. The van der Waals surface area contributed by atoms with Gasteiger partial charge >= 0.3 is 0 Å². The lowest BCUT2D eigenvalue weighted by Gasteiger charge is -2.24. The van der Waals surface area contributed by atoms with Crippen LogP contribution in [0, 0.1) is 0 Å². The molecule has 1 unspecified atom stereocenters. The number of hydrogen-bond donors (Lipinski definition) is 1. The molecule has 1 aromatic heterocycles. The van der Waals surface area contributed by atoms with E-state index < -0.39 is 0 Å². The Labute approximate surface area is 126 Å². The summed E-state index contributed by atoms with van der Waals surface area (Å²) >= 11 is 0. The molecule has 0 saturated carbocycles. The van der Waals surface area contributed by atoms with Crippen molar-refractivity contribution in [3.05, 3.63) is 53.9 Å². The highest BCUT2D eigenvalue weighted by molar-refractivity contribution is 5.78. The Morgan fingerprint density at radius 2 is 2.14 bits per heavy atom. The molecule has 1 aliphatic heterocycles. The average Bonchev–Trinajstić information content (AvgIpc) is 2.56. The Morgan fingerprint density at radius 1 is 1.24 bits per heavy atom. The minimum Gasteiger partial charge on any atom is -0.496 e. The number of pyridine rings is 1. The fourth-order valence-electron chi connectivity index (χ4n) is 2.66. The third-order valence-corrected chi connectivity index (χ3v) is 3.76. The van der Waals surface area contributed by atoms with E-state index in [0.29, 0.717) is 0 Å². The van der Waals surface area contributed by atoms with E-state index in [2.05, 4.69) is 42.6 Å². The first kappa shape index (κ1) is 14.1. The van der Waals surface area contributed by atoms with Crippen molar-refractivity contribution in [3.8, 4) is 0 Å². The average molecular weight is 282 g/mol. The number of nitrogens with zero attached hydrogens (tertiary/aromatic N) is 1. The SMILES string of the molecule is CCCNC(C1=CCCCO1)c1ccc2ccccc2n1. The number of allylic oxidation sites excluding steroid dienone is 1. The van der Waals surface area contributed by atoms with Gasteiger partial charge in [0.05, 0.1) is 17.8 Å². The molecular weight excluding hydrogens is 260 g/mol. The van der Waals surface area contributed by atoms with Crippen LogP contribution in [0.1, 0.15) is 37.9 Å². The molecule has 3 rings (SSSR count). The molecule has 21 heavy (non-hydrogen) atoms. The zero-order chi connectivity index (χ0) is 14.5. The predicted octanol–water partition coefficient (Wildman–Crippen LogP) is 3.97. The standard InChI is InChI=1S/C18H22N2O/c1-2-12-19-18(17-9-5-6-13-21-17)16-11-10-14-7-3-4-8-15(14)20-16/h3-4,7-11,18-19H,2,5-6,12-13H2,1H3. The van der Waals surface area contributed by atoms with Gasteiger partial charge in [-0.15, -0.1) is 0 Å². The number of rotatable bonds is 5. The lowest BCUT2D eigenvalue weighted by molar-refractivity contribution is 0.167. The van der Waals surface area contributed by atoms with Crippen LogP contribution in [-0.2, 0) is 4.74 Å². The summed E-state index contributed by atoms with van der Waals surface area (Å²) < 4.78 is 5.86. The van der Waals surface area contributed by atoms with Crippen molar-refractivity contribution in [2.24, 2.45) is 0 Å². The fraction of sp³-hybridized carbons (Fsp3) is 0.389. The van der Waals surface area contributed by atoms with Gasteiger partial charge in [0.1, 0.15) is 11.8 Å². The zero-order valence-corrected chi connectivity index (χ0v) is 12.5. The van der Waals surface area contributed by atoms with E-state index in [1.165, 1.54) is 5.39 Å². The van der Waals surface area contributed by atoms with Gasteiger partial charge in [0.25, 0.3) is 0 Å². The first-order valence-electron chi connectivity index (χ1n) is 7.80. The molecule has 3 nitrogen and oxygen atoms in total. The number of hydrogen-bond acceptors (Lipinski definition) is 3. The summed E-state index contributed by atoms with van der Waals surface area (Å²) in [4.78, 5) is 4.82. The quantitative estimate of drug-likeness (QED) is 0.901. The normalized spacial score (nSPS) is 16.3. The van der Waals surface area contributed by atoms with Crippen LogP contribution in [0.15, 0.2) is 48.2 Å². The summed E-state index contributed by atoms with van der Waals surface area (Å²) in [6.07, 6.45) is 5.49. The van der Waals surface area contributed by atoms with E-state index in [-0.39, 0.29) is 6.04 Å². The summed E-state index contributed by atoms with van der Waals surface area (Å²) in [6.45, 7) is 3.94. The molecule has 1 aliphatic rings. The summed E-state index contributed by atoms with van der Waals surface area (Å²) in [5.41, 5.74) is 2.07. The van der Waals surface area contributed by atoms with Crippen LogP contribution in [0.3, 0.4) is 0 Å². The molecule has 0 radical (unpaired) electrons. The van der Waals surface area contributed by atoms with Gasteiger partial charge in [-0.1, -0.05) is 31.2 Å². The Balaban J connectivity index is 1.94. The van der Waals surface area contributed by atoms with E-state index in [1.54, 1.807) is 0 Å². The number of fused-ring (bicyclic) bond motifs is 1. The summed E-state index contributed by atoms with van der Waals surface area (Å²) in [5.74, 6) is 1.03. The Bertz CT molecular complexity index is 636. The Hall–Kier alpha value is -1.87. The first-order valence-corrected chi connectivity index (χ1v) is 7.80. The second-order valence-electron chi connectivity index (χ2n) is 5.41. The van der Waals surface area contributed by atoms with Gasteiger partial charge in [0.15, 0.2) is 0 Å². The smallest absolute Gasteiger partial charge is 0.115 e. The third kappa shape index (κ3) is 3.24. The highest BCUT2D eigenvalue weighted by Crippen LogP contribution is 2.26. The number of aromatic nitrogens is 1. The first-order chi connectivity index (χ1) is 10.4. The van der Waals surface area contributed by atoms with Crippen LogP contribution in [0.4, 0.5) is 0 Å². The summed E-state index contributed by atoms with van der Waals surface area (Å²) in [5, 5.41) is 4.74. The molecule has 0 fully saturated rings. The van der Waals surface area contributed by atoms with Gasteiger partial charge in [-0.3, -0.25) is 4.98 Å². The second kappa shape index (κ2) is 6.72. The van der Waals surface area contributed by atoms with Crippen molar-refractivity contribution >= 4 is 10.9 Å². The van der Waals surface area contributed by atoms with Gasteiger partial charge < -0.3 is 10.1 Å². The summed E-state index contributed by atoms with van der Waals surface area (Å²) in [6, 6.07) is 12.5. The van der Waals surface area contributed by atoms with E-state index in [0.717, 1.165) is 49.4 Å².